The number of benzene rings is 2. The number of aromatic nitrogens is 2. The summed E-state index contributed by atoms with van der Waals surface area (Å²) in [5.41, 5.74) is 15.1. The van der Waals surface area contributed by atoms with E-state index in [-0.39, 0.29) is 12.8 Å². The zero-order valence-electron chi connectivity index (χ0n) is 25.1. The van der Waals surface area contributed by atoms with Crippen molar-refractivity contribution in [3.63, 3.8) is 0 Å². The highest BCUT2D eigenvalue weighted by atomic mass is 16.4. The molecule has 3 heterocycles. The molecule has 12 heteroatoms. The van der Waals surface area contributed by atoms with Gasteiger partial charge in [0.05, 0.1) is 6.04 Å². The molecule has 1 aliphatic heterocycles. The van der Waals surface area contributed by atoms with Gasteiger partial charge in [-0.15, -0.1) is 0 Å². The molecule has 2 aromatic heterocycles. The van der Waals surface area contributed by atoms with Crippen LogP contribution in [0.3, 0.4) is 0 Å². The number of H-pyrrole nitrogens is 2. The molecule has 0 aliphatic carbocycles. The Morgan fingerprint density at radius 1 is 0.889 bits per heavy atom. The molecule has 0 spiro atoms. The number of hydrogen-bond donors (Lipinski definition) is 7. The van der Waals surface area contributed by atoms with Gasteiger partial charge in [0.2, 0.25) is 17.7 Å². The lowest BCUT2D eigenvalue weighted by molar-refractivity contribution is -0.144. The third-order valence-electron chi connectivity index (χ3n) is 8.57. The number of carboxylic acids is 1. The predicted octanol–water partition coefficient (Wildman–Crippen LogP) is 1.94. The van der Waals surface area contributed by atoms with Crippen molar-refractivity contribution < 1.29 is 24.3 Å². The van der Waals surface area contributed by atoms with E-state index in [1.165, 1.54) is 4.90 Å². The summed E-state index contributed by atoms with van der Waals surface area (Å²) in [5.74, 6) is -2.57. The van der Waals surface area contributed by atoms with Crippen molar-refractivity contribution in [2.45, 2.75) is 69.1 Å². The first kappa shape index (κ1) is 31.7. The Labute approximate surface area is 260 Å². The molecule has 0 bridgehead atoms. The number of nitrogens with zero attached hydrogens (tertiary/aromatic N) is 1. The van der Waals surface area contributed by atoms with E-state index in [0.29, 0.717) is 38.8 Å². The fourth-order valence-corrected chi connectivity index (χ4v) is 6.13. The molecule has 2 aromatic carbocycles. The zero-order chi connectivity index (χ0) is 31.9. The van der Waals surface area contributed by atoms with Crippen LogP contribution >= 0.6 is 0 Å². The van der Waals surface area contributed by atoms with Gasteiger partial charge in [-0.2, -0.15) is 0 Å². The number of fused-ring (bicyclic) bond motifs is 2. The quantitative estimate of drug-likeness (QED) is 0.105. The van der Waals surface area contributed by atoms with E-state index >= 15 is 0 Å². The average molecular weight is 616 g/mol. The van der Waals surface area contributed by atoms with Gasteiger partial charge in [0.1, 0.15) is 18.1 Å². The van der Waals surface area contributed by atoms with Gasteiger partial charge >= 0.3 is 5.97 Å². The molecule has 1 saturated heterocycles. The van der Waals surface area contributed by atoms with Gasteiger partial charge in [-0.3, -0.25) is 14.4 Å². The summed E-state index contributed by atoms with van der Waals surface area (Å²) in [6, 6.07) is 11.4. The van der Waals surface area contributed by atoms with Crippen molar-refractivity contribution in [1.82, 2.24) is 25.5 Å². The standard InChI is InChI=1S/C33H41N7O5/c34-14-6-5-10-24(35)30(41)38-27(16-20-18-36-25-11-3-1-8-22(20)25)32(43)40-15-7-13-29(40)31(42)39-28(33(44)45)17-21-19-37-26-12-4-2-9-23(21)26/h1-4,8-9,11-12,18-19,24,27-29,36-37H,5-7,10,13-17,34-35H2,(H,38,41)(H,39,42)(H,44,45). The number of hydrogen-bond acceptors (Lipinski definition) is 6. The van der Waals surface area contributed by atoms with Crippen molar-refractivity contribution in [2.24, 2.45) is 11.5 Å². The SMILES string of the molecule is NCCCCC(N)C(=O)NC(Cc1c[nH]c2ccccc12)C(=O)N1CCCC1C(=O)NC(Cc1c[nH]c2ccccc12)C(=O)O. The normalized spacial score (nSPS) is 16.8. The van der Waals surface area contributed by atoms with Crippen molar-refractivity contribution in [3.8, 4) is 0 Å². The first-order valence-corrected chi connectivity index (χ1v) is 15.5. The molecular formula is C33H41N7O5. The Hall–Kier alpha value is -4.68. The second-order valence-corrected chi connectivity index (χ2v) is 11.7. The van der Waals surface area contributed by atoms with E-state index in [9.17, 15) is 24.3 Å². The van der Waals surface area contributed by atoms with Gasteiger partial charge in [0, 0.05) is 53.6 Å². The molecule has 3 amide bonds. The lowest BCUT2D eigenvalue weighted by Crippen LogP contribution is -2.57. The smallest absolute Gasteiger partial charge is 0.326 e. The highest BCUT2D eigenvalue weighted by Crippen LogP contribution is 2.24. The van der Waals surface area contributed by atoms with E-state index in [1.54, 1.807) is 6.20 Å². The van der Waals surface area contributed by atoms with Gasteiger partial charge < -0.3 is 42.1 Å². The minimum atomic E-state index is -1.19. The van der Waals surface area contributed by atoms with Crippen LogP contribution in [0.2, 0.25) is 0 Å². The Kier molecular flexibility index (Phi) is 10.2. The molecule has 45 heavy (non-hydrogen) atoms. The number of carbonyl (C=O) groups is 4. The Morgan fingerprint density at radius 3 is 2.09 bits per heavy atom. The molecule has 1 fully saturated rings. The number of para-hydroxylation sites is 2. The van der Waals surface area contributed by atoms with Crippen molar-refractivity contribution >= 4 is 45.5 Å². The maximum absolute atomic E-state index is 14.1. The first-order valence-electron chi connectivity index (χ1n) is 15.5. The number of likely N-dealkylation sites (tertiary alicyclic amines) is 1. The summed E-state index contributed by atoms with van der Waals surface area (Å²) in [5, 5.41) is 17.3. The predicted molar refractivity (Wildman–Crippen MR) is 171 cm³/mol. The van der Waals surface area contributed by atoms with E-state index < -0.39 is 47.9 Å². The van der Waals surface area contributed by atoms with Crippen LogP contribution in [0.25, 0.3) is 21.8 Å². The third kappa shape index (κ3) is 7.35. The van der Waals surface area contributed by atoms with Gasteiger partial charge in [0.15, 0.2) is 0 Å². The van der Waals surface area contributed by atoms with Gasteiger partial charge in [0.25, 0.3) is 0 Å². The Balaban J connectivity index is 1.33. The first-order chi connectivity index (χ1) is 21.8. The van der Waals surface area contributed by atoms with Crippen molar-refractivity contribution in [1.29, 1.82) is 0 Å². The van der Waals surface area contributed by atoms with Crippen LogP contribution in [-0.4, -0.2) is 80.9 Å². The summed E-state index contributed by atoms with van der Waals surface area (Å²) in [6.45, 7) is 0.804. The van der Waals surface area contributed by atoms with Crippen LogP contribution < -0.4 is 22.1 Å². The number of rotatable bonds is 14. The zero-order valence-corrected chi connectivity index (χ0v) is 25.1. The number of unbranched alkanes of at least 4 members (excludes halogenated alkanes) is 1. The molecule has 0 radical (unpaired) electrons. The van der Waals surface area contributed by atoms with E-state index in [1.807, 2.05) is 54.7 Å². The van der Waals surface area contributed by atoms with Crippen LogP contribution in [-0.2, 0) is 32.0 Å². The van der Waals surface area contributed by atoms with Crippen LogP contribution in [0.1, 0.15) is 43.2 Å². The van der Waals surface area contributed by atoms with Gasteiger partial charge in [-0.25, -0.2) is 4.79 Å². The fourth-order valence-electron chi connectivity index (χ4n) is 6.13. The number of carbonyl (C=O) groups excluding carboxylic acids is 3. The minimum absolute atomic E-state index is 0.0764. The molecular weight excluding hydrogens is 574 g/mol. The van der Waals surface area contributed by atoms with Crippen molar-refractivity contribution in [2.75, 3.05) is 13.1 Å². The van der Waals surface area contributed by atoms with E-state index in [2.05, 4.69) is 20.6 Å². The van der Waals surface area contributed by atoms with Crippen LogP contribution in [0.5, 0.6) is 0 Å². The Bertz CT molecular complexity index is 1660. The second kappa shape index (κ2) is 14.4. The largest absolute Gasteiger partial charge is 0.480 e. The minimum Gasteiger partial charge on any atom is -0.480 e. The lowest BCUT2D eigenvalue weighted by Gasteiger charge is -2.30. The second-order valence-electron chi connectivity index (χ2n) is 11.7. The van der Waals surface area contributed by atoms with Gasteiger partial charge in [-0.05, 0) is 55.5 Å². The number of aliphatic carboxylic acids is 1. The fraction of sp³-hybridized carbons (Fsp3) is 0.394. The molecule has 1 aliphatic rings. The molecule has 5 rings (SSSR count). The van der Waals surface area contributed by atoms with Crippen molar-refractivity contribution in [3.05, 3.63) is 72.1 Å². The maximum atomic E-state index is 14.1. The molecule has 4 aromatic rings. The molecule has 4 atom stereocenters. The highest BCUT2D eigenvalue weighted by Gasteiger charge is 2.39. The summed E-state index contributed by atoms with van der Waals surface area (Å²) in [4.78, 5) is 60.8. The summed E-state index contributed by atoms with van der Waals surface area (Å²) in [6.07, 6.45) is 6.62. The number of carboxylic acid groups (broad SMARTS) is 1. The van der Waals surface area contributed by atoms with Crippen LogP contribution in [0.15, 0.2) is 60.9 Å². The van der Waals surface area contributed by atoms with E-state index in [4.69, 9.17) is 11.5 Å². The molecule has 4 unspecified atom stereocenters. The maximum Gasteiger partial charge on any atom is 0.326 e. The average Bonchev–Trinajstić information content (AvgIpc) is 3.79. The summed E-state index contributed by atoms with van der Waals surface area (Å²) in [7, 11) is 0. The van der Waals surface area contributed by atoms with Crippen LogP contribution in [0, 0.1) is 0 Å². The topological polar surface area (TPSA) is 199 Å². The Morgan fingerprint density at radius 2 is 1.49 bits per heavy atom. The number of nitrogens with two attached hydrogens (primary N) is 2. The molecule has 12 nitrogen and oxygen atoms in total. The molecule has 238 valence electrons. The van der Waals surface area contributed by atoms with Crippen LogP contribution in [0.4, 0.5) is 0 Å². The van der Waals surface area contributed by atoms with E-state index in [0.717, 1.165) is 39.4 Å². The molecule has 0 saturated carbocycles. The number of amides is 3. The summed E-state index contributed by atoms with van der Waals surface area (Å²) < 4.78 is 0. The third-order valence-corrected chi connectivity index (χ3v) is 8.57. The number of aromatic amines is 2. The highest BCUT2D eigenvalue weighted by molar-refractivity contribution is 5.95. The molecule has 9 N–H and O–H groups in total. The lowest BCUT2D eigenvalue weighted by atomic mass is 10.0. The monoisotopic (exact) mass is 615 g/mol. The van der Waals surface area contributed by atoms with Gasteiger partial charge in [-0.1, -0.05) is 42.8 Å². The summed E-state index contributed by atoms with van der Waals surface area (Å²) >= 11 is 0. The number of nitrogens with one attached hydrogen (secondary N) is 4.